The maximum absolute atomic E-state index is 0. The van der Waals surface area contributed by atoms with Crippen LogP contribution in [0.5, 0.6) is 0 Å². The Hall–Kier alpha value is 2.17. The van der Waals surface area contributed by atoms with E-state index in [1.165, 1.54) is 0 Å². The molecule has 0 N–H and O–H groups in total. The second-order valence-corrected chi connectivity index (χ2v) is 0. The Morgan fingerprint density at radius 3 is 0.250 bits per heavy atom. The Balaban J connectivity index is 0. The summed E-state index contributed by atoms with van der Waals surface area (Å²) in [4.78, 5) is 0. The molecule has 0 saturated heterocycles. The molecule has 0 aliphatic heterocycles. The minimum Gasteiger partial charge on any atom is -1.00 e. The van der Waals surface area contributed by atoms with Crippen LogP contribution in [-0.2, 0) is 0 Å². The molecule has 0 bridgehead atoms. The van der Waals surface area contributed by atoms with E-state index in [0.29, 0.717) is 0 Å². The summed E-state index contributed by atoms with van der Waals surface area (Å²) in [5, 5.41) is 0. The molecule has 0 aromatic carbocycles. The Morgan fingerprint density at radius 1 is 0.250 bits per heavy atom. The fourth-order valence-electron chi connectivity index (χ4n) is 0. The molecule has 0 fully saturated rings. The van der Waals surface area contributed by atoms with Gasteiger partial charge < -0.3 is 74.4 Å². The first-order chi connectivity index (χ1) is 0. The second kappa shape index (κ2) is 130. The third kappa shape index (κ3) is 89.0. The van der Waals surface area contributed by atoms with Crippen LogP contribution in [-0.4, -0.2) is 21.9 Å². The molecule has 0 aromatic heterocycles. The first kappa shape index (κ1) is 181. The van der Waals surface area contributed by atoms with E-state index < -0.39 is 0 Å². The molecule has 0 aliphatic carbocycles. The topological polar surface area (TPSA) is 0 Å². The molecule has 8 heteroatoms. The fraction of sp³-hybridized carbons (Fsp3) is 0. The van der Waals surface area contributed by atoms with E-state index >= 15 is 0 Å². The van der Waals surface area contributed by atoms with Crippen molar-refractivity contribution in [1.82, 2.24) is 0 Å². The quantitative estimate of drug-likeness (QED) is 0.383. The molecule has 0 unspecified atom stereocenters. The van der Waals surface area contributed by atoms with Crippen molar-refractivity contribution in [2.24, 2.45) is 0 Å². The van der Waals surface area contributed by atoms with Gasteiger partial charge in [0.05, 0.1) is 0 Å². The molecule has 0 saturated carbocycles. The predicted octanol–water partition coefficient (Wildman–Crippen LogP) is -18.7. The minimum absolute atomic E-state index is 0. The second-order valence-electron chi connectivity index (χ2n) is 0. The van der Waals surface area contributed by atoms with Crippen molar-refractivity contribution in [3.63, 3.8) is 0 Å². The van der Waals surface area contributed by atoms with E-state index in [2.05, 4.69) is 0 Å². The summed E-state index contributed by atoms with van der Waals surface area (Å²) in [6.45, 7) is 0. The summed E-state index contributed by atoms with van der Waals surface area (Å²) in [6.07, 6.45) is 0. The van der Waals surface area contributed by atoms with Gasteiger partial charge in [0.2, 0.25) is 0 Å². The van der Waals surface area contributed by atoms with Crippen molar-refractivity contribution in [3.8, 4) is 0 Å². The molecule has 8 heavy (non-hydrogen) atoms. The number of halogens is 6. The molecule has 0 aromatic rings. The summed E-state index contributed by atoms with van der Waals surface area (Å²) in [6, 6.07) is 0. The van der Waals surface area contributed by atoms with Crippen LogP contribution >= 0.6 is 0 Å². The summed E-state index contributed by atoms with van der Waals surface area (Å²) in [5.74, 6) is 0. The van der Waals surface area contributed by atoms with E-state index in [4.69, 9.17) is 0 Å². The molecule has 0 radical (unpaired) electrons. The van der Waals surface area contributed by atoms with E-state index in [9.17, 15) is 0 Å². The monoisotopic (exact) mass is 266 g/mol. The fourth-order valence-corrected chi connectivity index (χ4v) is 0. The Kier molecular flexibility index (Phi) is 2940. The molecular weight excluding hydrogens is 269 g/mol. The SMILES string of the molecule is [Cl-].[Cl-].[Cl-].[Cl-].[Cl-].[Cl-].[Si+4].[Si+4]. The Morgan fingerprint density at radius 2 is 0.250 bits per heavy atom. The molecule has 0 nitrogen and oxygen atoms in total. The summed E-state index contributed by atoms with van der Waals surface area (Å²) in [7, 11) is 0. The Bertz CT molecular complexity index is 6.49. The first-order valence-electron chi connectivity index (χ1n) is 0. The minimum atomic E-state index is 0. The van der Waals surface area contributed by atoms with E-state index in [1.54, 1.807) is 0 Å². The van der Waals surface area contributed by atoms with Crippen molar-refractivity contribution in [3.05, 3.63) is 0 Å². The number of rotatable bonds is 0. The van der Waals surface area contributed by atoms with Crippen molar-refractivity contribution in [1.29, 1.82) is 0 Å². The maximum atomic E-state index is 0. The zero-order valence-electron chi connectivity index (χ0n) is 3.27. The number of hydrogen-bond donors (Lipinski definition) is 0. The van der Waals surface area contributed by atoms with Crippen LogP contribution in [0.1, 0.15) is 0 Å². The van der Waals surface area contributed by atoms with Crippen molar-refractivity contribution in [2.75, 3.05) is 0 Å². The van der Waals surface area contributed by atoms with Crippen molar-refractivity contribution < 1.29 is 74.4 Å². The molecular formula is Cl6Si2+2. The zero-order valence-corrected chi connectivity index (χ0v) is 9.80. The van der Waals surface area contributed by atoms with Crippen LogP contribution in [0.4, 0.5) is 0 Å². The van der Waals surface area contributed by atoms with Gasteiger partial charge in [0, 0.05) is 0 Å². The van der Waals surface area contributed by atoms with Gasteiger partial charge in [0.25, 0.3) is 0 Å². The van der Waals surface area contributed by atoms with Crippen LogP contribution in [0.3, 0.4) is 0 Å². The van der Waals surface area contributed by atoms with Gasteiger partial charge in [-0.25, -0.2) is 0 Å². The van der Waals surface area contributed by atoms with Gasteiger partial charge in [0.15, 0.2) is 0 Å². The third-order valence-corrected chi connectivity index (χ3v) is 0. The molecule has 0 aliphatic rings. The van der Waals surface area contributed by atoms with Gasteiger partial charge in [-0.3, -0.25) is 0 Å². The summed E-state index contributed by atoms with van der Waals surface area (Å²) < 4.78 is 0. The largest absolute Gasteiger partial charge is 4.00 e. The van der Waals surface area contributed by atoms with E-state index in [0.717, 1.165) is 0 Å². The average Bonchev–Trinajstić information content (AvgIpc) is 0. The van der Waals surface area contributed by atoms with Gasteiger partial charge in [-0.2, -0.15) is 0 Å². The van der Waals surface area contributed by atoms with Crippen LogP contribution in [0.25, 0.3) is 0 Å². The van der Waals surface area contributed by atoms with E-state index in [-0.39, 0.29) is 96.4 Å². The van der Waals surface area contributed by atoms with Crippen LogP contribution in [0.2, 0.25) is 0 Å². The molecule has 0 heterocycles. The standard InChI is InChI=1S/6ClH.2Si/h6*1H;;/q;;;;;;2*+4/p-6. The summed E-state index contributed by atoms with van der Waals surface area (Å²) >= 11 is 0. The van der Waals surface area contributed by atoms with Crippen molar-refractivity contribution in [2.45, 2.75) is 0 Å². The predicted molar refractivity (Wildman–Crippen MR) is 11.5 cm³/mol. The normalized spacial score (nSPS) is 0. The van der Waals surface area contributed by atoms with Gasteiger partial charge >= 0.3 is 21.9 Å². The number of hydrogen-bond acceptors (Lipinski definition) is 0. The zero-order chi connectivity index (χ0) is 0. The molecule has 0 rings (SSSR count). The van der Waals surface area contributed by atoms with Gasteiger partial charge in [-0.05, 0) is 0 Å². The molecule has 0 amide bonds. The van der Waals surface area contributed by atoms with Gasteiger partial charge in [0.1, 0.15) is 0 Å². The van der Waals surface area contributed by atoms with Crippen LogP contribution < -0.4 is 74.4 Å². The van der Waals surface area contributed by atoms with Crippen LogP contribution in [0.15, 0.2) is 0 Å². The first-order valence-corrected chi connectivity index (χ1v) is 0. The van der Waals surface area contributed by atoms with E-state index in [1.807, 2.05) is 0 Å². The smallest absolute Gasteiger partial charge is 1.00 e. The molecule has 0 spiro atoms. The van der Waals surface area contributed by atoms with Crippen molar-refractivity contribution >= 4 is 21.9 Å². The average molecular weight is 269 g/mol. The third-order valence-electron chi connectivity index (χ3n) is 0. The Labute approximate surface area is 95.8 Å². The molecule has 0 atom stereocenters. The summed E-state index contributed by atoms with van der Waals surface area (Å²) in [5.41, 5.74) is 0. The van der Waals surface area contributed by atoms with Gasteiger partial charge in [-0.1, -0.05) is 0 Å². The van der Waals surface area contributed by atoms with Gasteiger partial charge in [-0.15, -0.1) is 0 Å². The maximum Gasteiger partial charge on any atom is 4.00 e. The van der Waals surface area contributed by atoms with Crippen LogP contribution in [0, 0.1) is 0 Å². The molecule has 48 valence electrons.